The first-order valence-electron chi connectivity index (χ1n) is 11.3. The second kappa shape index (κ2) is 10.4. The summed E-state index contributed by atoms with van der Waals surface area (Å²) in [6, 6.07) is 15.0. The Labute approximate surface area is 184 Å². The smallest absolute Gasteiger partial charge is 0.266 e. The summed E-state index contributed by atoms with van der Waals surface area (Å²) in [5.74, 6) is 0.709. The zero-order valence-electron chi connectivity index (χ0n) is 19.1. The molecule has 2 aromatic carbocycles. The molecule has 0 N–H and O–H groups in total. The van der Waals surface area contributed by atoms with Crippen LogP contribution in [0.1, 0.15) is 69.8 Å². The molecule has 1 amide bonds. The molecule has 1 heterocycles. The van der Waals surface area contributed by atoms with Gasteiger partial charge in [-0.1, -0.05) is 62.9 Å². The highest BCUT2D eigenvalue weighted by molar-refractivity contribution is 5.78. The fourth-order valence-corrected chi connectivity index (χ4v) is 4.00. The van der Waals surface area contributed by atoms with Crippen molar-refractivity contribution in [2.24, 2.45) is 0 Å². The van der Waals surface area contributed by atoms with Crippen molar-refractivity contribution >= 4 is 16.8 Å². The van der Waals surface area contributed by atoms with Gasteiger partial charge in [0, 0.05) is 13.5 Å². The summed E-state index contributed by atoms with van der Waals surface area (Å²) in [6.45, 7) is 6.22. The third-order valence-corrected chi connectivity index (χ3v) is 5.88. The van der Waals surface area contributed by atoms with Crippen LogP contribution in [0.5, 0.6) is 0 Å². The van der Waals surface area contributed by atoms with Crippen molar-refractivity contribution in [3.63, 3.8) is 0 Å². The molecule has 164 valence electrons. The van der Waals surface area contributed by atoms with Crippen molar-refractivity contribution < 1.29 is 4.79 Å². The summed E-state index contributed by atoms with van der Waals surface area (Å²) in [7, 11) is 1.83. The number of hydrogen-bond donors (Lipinski definition) is 0. The van der Waals surface area contributed by atoms with Crippen molar-refractivity contribution in [2.75, 3.05) is 7.05 Å². The Hall–Kier alpha value is -2.95. The van der Waals surface area contributed by atoms with Crippen molar-refractivity contribution in [3.05, 3.63) is 70.3 Å². The number of carbonyl (C=O) groups is 1. The topological polar surface area (TPSA) is 55.2 Å². The molecule has 0 saturated carbocycles. The largest absolute Gasteiger partial charge is 0.336 e. The monoisotopic (exact) mass is 419 g/mol. The number of carbonyl (C=O) groups excluding carboxylic acids is 1. The molecule has 0 bridgehead atoms. The van der Waals surface area contributed by atoms with Crippen LogP contribution in [0.25, 0.3) is 16.6 Å². The molecule has 0 aliphatic heterocycles. The lowest BCUT2D eigenvalue weighted by atomic mass is 10.1. The Morgan fingerprint density at radius 3 is 2.42 bits per heavy atom. The summed E-state index contributed by atoms with van der Waals surface area (Å²) in [4.78, 5) is 33.1. The summed E-state index contributed by atoms with van der Waals surface area (Å²) >= 11 is 0. The van der Waals surface area contributed by atoms with Crippen molar-refractivity contribution in [3.8, 4) is 5.69 Å². The lowest BCUT2D eigenvalue weighted by Gasteiger charge is -2.29. The summed E-state index contributed by atoms with van der Waals surface area (Å²) in [6.07, 6.45) is 5.45. The number of hydrogen-bond acceptors (Lipinski definition) is 3. The highest BCUT2D eigenvalue weighted by Crippen LogP contribution is 2.26. The number of para-hydroxylation sites is 1. The van der Waals surface area contributed by atoms with Crippen molar-refractivity contribution in [2.45, 2.75) is 65.3 Å². The van der Waals surface area contributed by atoms with Gasteiger partial charge in [0.05, 0.1) is 22.6 Å². The molecule has 31 heavy (non-hydrogen) atoms. The van der Waals surface area contributed by atoms with Gasteiger partial charge in [0.1, 0.15) is 5.82 Å². The fraction of sp³-hybridized carbons (Fsp3) is 0.423. The van der Waals surface area contributed by atoms with E-state index in [1.807, 2.05) is 69.4 Å². The van der Waals surface area contributed by atoms with Gasteiger partial charge in [-0.15, -0.1) is 0 Å². The Balaban J connectivity index is 2.07. The molecule has 0 fully saturated rings. The number of rotatable bonds is 9. The molecule has 0 radical (unpaired) electrons. The number of unbranched alkanes of at least 4 members (excludes halogenated alkanes) is 3. The van der Waals surface area contributed by atoms with E-state index in [1.165, 1.54) is 0 Å². The van der Waals surface area contributed by atoms with E-state index in [-0.39, 0.29) is 17.5 Å². The number of fused-ring (bicyclic) bond motifs is 1. The molecule has 0 saturated heterocycles. The van der Waals surface area contributed by atoms with E-state index in [4.69, 9.17) is 4.98 Å². The Morgan fingerprint density at radius 2 is 1.74 bits per heavy atom. The maximum atomic E-state index is 13.5. The van der Waals surface area contributed by atoms with E-state index in [1.54, 1.807) is 9.47 Å². The van der Waals surface area contributed by atoms with Gasteiger partial charge < -0.3 is 4.90 Å². The van der Waals surface area contributed by atoms with Crippen LogP contribution in [-0.2, 0) is 4.79 Å². The van der Waals surface area contributed by atoms with Crippen LogP contribution in [0, 0.1) is 6.92 Å². The Kier molecular flexibility index (Phi) is 7.61. The van der Waals surface area contributed by atoms with Crippen LogP contribution in [-0.4, -0.2) is 27.4 Å². The number of aryl methyl sites for hydroxylation is 1. The fourth-order valence-electron chi connectivity index (χ4n) is 4.00. The highest BCUT2D eigenvalue weighted by atomic mass is 16.2. The van der Waals surface area contributed by atoms with E-state index in [0.29, 0.717) is 29.6 Å². The van der Waals surface area contributed by atoms with Crippen molar-refractivity contribution in [1.29, 1.82) is 0 Å². The van der Waals surface area contributed by atoms with Crippen LogP contribution in [0.3, 0.4) is 0 Å². The first kappa shape index (κ1) is 22.7. The normalized spacial score (nSPS) is 12.1. The molecule has 0 aliphatic rings. The number of amides is 1. The number of nitrogens with zero attached hydrogens (tertiary/aromatic N) is 3. The molecule has 1 atom stereocenters. The minimum Gasteiger partial charge on any atom is -0.336 e. The number of aromatic nitrogens is 2. The van der Waals surface area contributed by atoms with Crippen LogP contribution in [0.15, 0.2) is 53.3 Å². The van der Waals surface area contributed by atoms with E-state index in [2.05, 4.69) is 6.92 Å². The van der Waals surface area contributed by atoms with Gasteiger partial charge in [-0.05, 0) is 44.0 Å². The maximum Gasteiger partial charge on any atom is 0.266 e. The minimum absolute atomic E-state index is 0.0980. The first-order chi connectivity index (χ1) is 15.0. The average Bonchev–Trinajstić information content (AvgIpc) is 2.78. The van der Waals surface area contributed by atoms with Crippen molar-refractivity contribution in [1.82, 2.24) is 14.5 Å². The Morgan fingerprint density at radius 1 is 1.03 bits per heavy atom. The van der Waals surface area contributed by atoms with E-state index in [0.717, 1.165) is 36.9 Å². The predicted octanol–water partition coefficient (Wildman–Crippen LogP) is 5.57. The molecule has 5 heteroatoms. The quantitative estimate of drug-likeness (QED) is 0.426. The predicted molar refractivity (Wildman–Crippen MR) is 127 cm³/mol. The average molecular weight is 420 g/mol. The zero-order valence-corrected chi connectivity index (χ0v) is 19.1. The van der Waals surface area contributed by atoms with Gasteiger partial charge in [0.25, 0.3) is 5.56 Å². The van der Waals surface area contributed by atoms with Gasteiger partial charge in [-0.25, -0.2) is 4.98 Å². The zero-order chi connectivity index (χ0) is 22.4. The number of benzene rings is 2. The second-order valence-electron chi connectivity index (χ2n) is 8.20. The third-order valence-electron chi connectivity index (χ3n) is 5.88. The van der Waals surface area contributed by atoms with Gasteiger partial charge in [0.2, 0.25) is 5.91 Å². The molecule has 1 unspecified atom stereocenters. The van der Waals surface area contributed by atoms with E-state index in [9.17, 15) is 9.59 Å². The van der Waals surface area contributed by atoms with E-state index >= 15 is 0 Å². The van der Waals surface area contributed by atoms with Crippen LogP contribution >= 0.6 is 0 Å². The summed E-state index contributed by atoms with van der Waals surface area (Å²) in [5.41, 5.74) is 2.45. The SMILES string of the molecule is CCCCCCC(=O)N(C)C(CC)c1nc2ccccc2c(=O)n1-c1ccc(C)cc1. The maximum absolute atomic E-state index is 13.5. The van der Waals surface area contributed by atoms with E-state index < -0.39 is 0 Å². The van der Waals surface area contributed by atoms with Gasteiger partial charge >= 0.3 is 0 Å². The molecular formula is C26H33N3O2. The molecular weight excluding hydrogens is 386 g/mol. The van der Waals surface area contributed by atoms with Gasteiger partial charge in [0.15, 0.2) is 0 Å². The Bertz CT molecular complexity index is 1090. The minimum atomic E-state index is -0.280. The summed E-state index contributed by atoms with van der Waals surface area (Å²) < 4.78 is 1.68. The lowest BCUT2D eigenvalue weighted by molar-refractivity contribution is -0.132. The molecule has 5 nitrogen and oxygen atoms in total. The van der Waals surface area contributed by atoms with Gasteiger partial charge in [-0.3, -0.25) is 14.2 Å². The lowest BCUT2D eigenvalue weighted by Crippen LogP contribution is -2.35. The van der Waals surface area contributed by atoms with Gasteiger partial charge in [-0.2, -0.15) is 0 Å². The molecule has 3 aromatic rings. The second-order valence-corrected chi connectivity index (χ2v) is 8.20. The van der Waals surface area contributed by atoms with Crippen LogP contribution < -0.4 is 5.56 Å². The highest BCUT2D eigenvalue weighted by Gasteiger charge is 2.26. The van der Waals surface area contributed by atoms with Crippen LogP contribution in [0.2, 0.25) is 0 Å². The standard InChI is InChI=1S/C26H33N3O2/c1-5-7-8-9-14-24(30)28(4)23(6-2)25-27-22-13-11-10-12-21(22)26(31)29(25)20-17-15-19(3)16-18-20/h10-13,15-18,23H,5-9,14H2,1-4H3. The molecule has 3 rings (SSSR count). The molecule has 0 spiro atoms. The third kappa shape index (κ3) is 5.04. The molecule has 0 aliphatic carbocycles. The van der Waals surface area contributed by atoms with Crippen LogP contribution in [0.4, 0.5) is 0 Å². The first-order valence-corrected chi connectivity index (χ1v) is 11.3. The molecule has 1 aromatic heterocycles. The summed E-state index contributed by atoms with van der Waals surface area (Å²) in [5, 5.41) is 0.579.